The zero-order chi connectivity index (χ0) is 10.7. The van der Waals surface area contributed by atoms with Gasteiger partial charge in [-0.1, -0.05) is 5.16 Å². The van der Waals surface area contributed by atoms with Crippen molar-refractivity contribution in [3.05, 3.63) is 23.8 Å². The highest BCUT2D eigenvalue weighted by molar-refractivity contribution is 5.45. The summed E-state index contributed by atoms with van der Waals surface area (Å²) in [5.74, 6) is 2.56. The summed E-state index contributed by atoms with van der Waals surface area (Å²) in [5, 5.41) is 3.83. The first-order valence-corrected chi connectivity index (χ1v) is 4.89. The second-order valence-corrected chi connectivity index (χ2v) is 3.31. The Bertz CT molecular complexity index is 433. The number of furan rings is 1. The fraction of sp³-hybridized carbons (Fsp3) is 0.400. The van der Waals surface area contributed by atoms with E-state index in [-0.39, 0.29) is 0 Å². The Morgan fingerprint density at radius 1 is 1.40 bits per heavy atom. The molecule has 0 bridgehead atoms. The van der Waals surface area contributed by atoms with E-state index in [1.54, 1.807) is 0 Å². The summed E-state index contributed by atoms with van der Waals surface area (Å²) < 4.78 is 10.4. The van der Waals surface area contributed by atoms with Gasteiger partial charge in [-0.2, -0.15) is 4.98 Å². The van der Waals surface area contributed by atoms with Gasteiger partial charge in [0.15, 0.2) is 5.76 Å². The Morgan fingerprint density at radius 3 is 2.93 bits per heavy atom. The normalized spacial score (nSPS) is 10.8. The van der Waals surface area contributed by atoms with Crippen LogP contribution in [0.5, 0.6) is 0 Å². The first kappa shape index (κ1) is 9.92. The molecule has 0 spiro atoms. The molecule has 2 aromatic rings. The topological polar surface area (TPSA) is 78.1 Å². The highest BCUT2D eigenvalue weighted by Gasteiger charge is 2.10. The zero-order valence-electron chi connectivity index (χ0n) is 8.56. The van der Waals surface area contributed by atoms with E-state index in [1.165, 1.54) is 0 Å². The van der Waals surface area contributed by atoms with Gasteiger partial charge in [0.25, 0.3) is 0 Å². The fourth-order valence-corrected chi connectivity index (χ4v) is 1.26. The number of hydrogen-bond donors (Lipinski definition) is 1. The molecule has 0 unspecified atom stereocenters. The molecule has 0 aliphatic rings. The maximum Gasteiger partial charge on any atom is 0.238 e. The molecule has 5 heteroatoms. The maximum atomic E-state index is 5.39. The van der Waals surface area contributed by atoms with Crippen LogP contribution in [0.2, 0.25) is 0 Å². The standard InChI is InChI=1S/C10H13N3O2/c1-7-4-5-8(14-7)10-12-9(15-13-10)3-2-6-11/h4-5H,2-3,6,11H2,1H3. The van der Waals surface area contributed by atoms with Crippen LogP contribution in [0, 0.1) is 6.92 Å². The van der Waals surface area contributed by atoms with Gasteiger partial charge in [0.2, 0.25) is 11.7 Å². The molecule has 2 rings (SSSR count). The van der Waals surface area contributed by atoms with Crippen LogP contribution >= 0.6 is 0 Å². The first-order chi connectivity index (χ1) is 7.29. The summed E-state index contributed by atoms with van der Waals surface area (Å²) in [6.45, 7) is 2.50. The Hall–Kier alpha value is -1.62. The zero-order valence-corrected chi connectivity index (χ0v) is 8.56. The smallest absolute Gasteiger partial charge is 0.238 e. The minimum absolute atomic E-state index is 0.495. The third-order valence-corrected chi connectivity index (χ3v) is 2.02. The van der Waals surface area contributed by atoms with Gasteiger partial charge in [0, 0.05) is 6.42 Å². The molecule has 0 aromatic carbocycles. The molecule has 80 valence electrons. The molecular weight excluding hydrogens is 194 g/mol. The van der Waals surface area contributed by atoms with Crippen LogP contribution in [0.25, 0.3) is 11.6 Å². The van der Waals surface area contributed by atoms with Crippen molar-refractivity contribution in [3.8, 4) is 11.6 Å². The van der Waals surface area contributed by atoms with Crippen molar-refractivity contribution >= 4 is 0 Å². The Kier molecular flexibility index (Phi) is 2.82. The van der Waals surface area contributed by atoms with E-state index >= 15 is 0 Å². The number of hydrogen-bond acceptors (Lipinski definition) is 5. The van der Waals surface area contributed by atoms with Crippen molar-refractivity contribution in [1.29, 1.82) is 0 Å². The van der Waals surface area contributed by atoms with Gasteiger partial charge in [-0.25, -0.2) is 0 Å². The minimum atomic E-state index is 0.495. The van der Waals surface area contributed by atoms with E-state index in [2.05, 4.69) is 10.1 Å². The molecule has 0 radical (unpaired) electrons. The monoisotopic (exact) mass is 207 g/mol. The summed E-state index contributed by atoms with van der Waals surface area (Å²) in [6.07, 6.45) is 1.56. The average molecular weight is 207 g/mol. The molecule has 0 aliphatic heterocycles. The van der Waals surface area contributed by atoms with Crippen molar-refractivity contribution in [2.75, 3.05) is 6.54 Å². The van der Waals surface area contributed by atoms with E-state index in [0.717, 1.165) is 12.2 Å². The lowest BCUT2D eigenvalue weighted by molar-refractivity contribution is 0.375. The van der Waals surface area contributed by atoms with Crippen LogP contribution in [0.4, 0.5) is 0 Å². The highest BCUT2D eigenvalue weighted by Crippen LogP contribution is 2.18. The average Bonchev–Trinajstić information content (AvgIpc) is 2.83. The molecule has 0 atom stereocenters. The maximum absolute atomic E-state index is 5.39. The number of nitrogens with zero attached hydrogens (tertiary/aromatic N) is 2. The van der Waals surface area contributed by atoms with Crippen LogP contribution in [0.1, 0.15) is 18.1 Å². The molecule has 2 aromatic heterocycles. The van der Waals surface area contributed by atoms with Gasteiger partial charge in [-0.3, -0.25) is 0 Å². The SMILES string of the molecule is Cc1ccc(-c2noc(CCCN)n2)o1. The highest BCUT2D eigenvalue weighted by atomic mass is 16.5. The molecule has 2 N–H and O–H groups in total. The molecule has 0 fully saturated rings. The number of nitrogens with two attached hydrogens (primary N) is 1. The van der Waals surface area contributed by atoms with E-state index in [9.17, 15) is 0 Å². The van der Waals surface area contributed by atoms with Crippen LogP contribution in [0.15, 0.2) is 21.1 Å². The van der Waals surface area contributed by atoms with Gasteiger partial charge in [-0.15, -0.1) is 0 Å². The van der Waals surface area contributed by atoms with E-state index in [1.807, 2.05) is 19.1 Å². The van der Waals surface area contributed by atoms with Gasteiger partial charge >= 0.3 is 0 Å². The molecule has 5 nitrogen and oxygen atoms in total. The molecule has 2 heterocycles. The van der Waals surface area contributed by atoms with Gasteiger partial charge < -0.3 is 14.7 Å². The van der Waals surface area contributed by atoms with Crippen molar-refractivity contribution in [1.82, 2.24) is 10.1 Å². The summed E-state index contributed by atoms with van der Waals surface area (Å²) in [6, 6.07) is 3.69. The second kappa shape index (κ2) is 4.27. The van der Waals surface area contributed by atoms with Crippen LogP contribution in [0.3, 0.4) is 0 Å². The fourth-order valence-electron chi connectivity index (χ4n) is 1.26. The lowest BCUT2D eigenvalue weighted by Gasteiger charge is -1.88. The summed E-state index contributed by atoms with van der Waals surface area (Å²) in [7, 11) is 0. The predicted octanol–water partition coefficient (Wildman–Crippen LogP) is 1.53. The summed E-state index contributed by atoms with van der Waals surface area (Å²) in [4.78, 5) is 4.20. The lowest BCUT2D eigenvalue weighted by atomic mass is 10.3. The van der Waals surface area contributed by atoms with E-state index in [4.69, 9.17) is 14.7 Å². The molecule has 0 saturated heterocycles. The number of rotatable bonds is 4. The summed E-state index contributed by atoms with van der Waals surface area (Å²) in [5.41, 5.74) is 5.39. The molecular formula is C10H13N3O2. The largest absolute Gasteiger partial charge is 0.458 e. The quantitative estimate of drug-likeness (QED) is 0.822. The minimum Gasteiger partial charge on any atom is -0.458 e. The Balaban J connectivity index is 2.13. The third kappa shape index (κ3) is 2.24. The van der Waals surface area contributed by atoms with Crippen LogP contribution < -0.4 is 5.73 Å². The van der Waals surface area contributed by atoms with Crippen molar-refractivity contribution < 1.29 is 8.94 Å². The third-order valence-electron chi connectivity index (χ3n) is 2.02. The van der Waals surface area contributed by atoms with Crippen molar-refractivity contribution in [3.63, 3.8) is 0 Å². The van der Waals surface area contributed by atoms with Crippen LogP contribution in [-0.2, 0) is 6.42 Å². The van der Waals surface area contributed by atoms with E-state index in [0.29, 0.717) is 30.4 Å². The Morgan fingerprint density at radius 2 is 2.27 bits per heavy atom. The Labute approximate surface area is 87.3 Å². The predicted molar refractivity (Wildman–Crippen MR) is 54.1 cm³/mol. The van der Waals surface area contributed by atoms with E-state index < -0.39 is 0 Å². The molecule has 0 aliphatic carbocycles. The molecule has 0 amide bonds. The van der Waals surface area contributed by atoms with Crippen LogP contribution in [-0.4, -0.2) is 16.7 Å². The second-order valence-electron chi connectivity index (χ2n) is 3.31. The molecule has 0 saturated carbocycles. The first-order valence-electron chi connectivity index (χ1n) is 4.89. The number of aryl methyl sites for hydroxylation is 2. The summed E-state index contributed by atoms with van der Waals surface area (Å²) >= 11 is 0. The number of aromatic nitrogens is 2. The molecule has 15 heavy (non-hydrogen) atoms. The van der Waals surface area contributed by atoms with Crippen molar-refractivity contribution in [2.24, 2.45) is 5.73 Å². The van der Waals surface area contributed by atoms with Gasteiger partial charge in [0.1, 0.15) is 5.76 Å². The van der Waals surface area contributed by atoms with Crippen molar-refractivity contribution in [2.45, 2.75) is 19.8 Å². The van der Waals surface area contributed by atoms with Gasteiger partial charge in [0.05, 0.1) is 0 Å². The lowest BCUT2D eigenvalue weighted by Crippen LogP contribution is -2.00. The van der Waals surface area contributed by atoms with Gasteiger partial charge in [-0.05, 0) is 32.0 Å².